The molecule has 2 N–H and O–H groups in total. The first-order valence-electron chi connectivity index (χ1n) is 5.36. The molecule has 1 aromatic rings. The topological polar surface area (TPSA) is 59.6 Å². The van der Waals surface area contributed by atoms with Crippen LogP contribution in [-0.4, -0.2) is 33.0 Å². The molecular formula is C12H18N2O3. The van der Waals surface area contributed by atoms with Crippen molar-refractivity contribution in [2.75, 3.05) is 31.5 Å². The molecule has 0 aliphatic heterocycles. The van der Waals surface area contributed by atoms with Gasteiger partial charge in [0, 0.05) is 24.5 Å². The molecular weight excluding hydrogens is 220 g/mol. The van der Waals surface area contributed by atoms with Crippen molar-refractivity contribution in [3.63, 3.8) is 0 Å². The number of amides is 1. The fourth-order valence-corrected chi connectivity index (χ4v) is 1.39. The van der Waals surface area contributed by atoms with Crippen LogP contribution in [0.25, 0.3) is 0 Å². The molecule has 1 unspecified atom stereocenters. The third-order valence-electron chi connectivity index (χ3n) is 2.15. The van der Waals surface area contributed by atoms with Gasteiger partial charge in [-0.2, -0.15) is 0 Å². The molecule has 0 bridgehead atoms. The van der Waals surface area contributed by atoms with Gasteiger partial charge >= 0.3 is 6.09 Å². The lowest BCUT2D eigenvalue weighted by atomic mass is 10.2. The number of hydrogen-bond donors (Lipinski definition) is 2. The van der Waals surface area contributed by atoms with E-state index in [9.17, 15) is 4.79 Å². The number of ether oxygens (including phenoxy) is 2. The Morgan fingerprint density at radius 3 is 2.35 bits per heavy atom. The van der Waals surface area contributed by atoms with Crippen LogP contribution in [-0.2, 0) is 9.47 Å². The standard InChI is InChI=1S/C12H18N2O3/c1-9(8-16-2)13-10-4-6-11(7-5-10)14-12(15)17-3/h4-7,9,13H,8H2,1-3H3,(H,14,15). The molecule has 0 fully saturated rings. The van der Waals surface area contributed by atoms with E-state index in [4.69, 9.17) is 4.74 Å². The second-order valence-electron chi connectivity index (χ2n) is 3.69. The molecule has 94 valence electrons. The molecule has 0 aromatic heterocycles. The van der Waals surface area contributed by atoms with Gasteiger partial charge in [0.15, 0.2) is 0 Å². The summed E-state index contributed by atoms with van der Waals surface area (Å²) in [5.74, 6) is 0. The van der Waals surface area contributed by atoms with E-state index in [0.29, 0.717) is 12.3 Å². The van der Waals surface area contributed by atoms with Crippen LogP contribution in [0.3, 0.4) is 0 Å². The van der Waals surface area contributed by atoms with Crippen molar-refractivity contribution in [1.29, 1.82) is 0 Å². The average molecular weight is 238 g/mol. The SMILES string of the molecule is COCC(C)Nc1ccc(NC(=O)OC)cc1. The van der Waals surface area contributed by atoms with Gasteiger partial charge in [0.1, 0.15) is 0 Å². The minimum Gasteiger partial charge on any atom is -0.453 e. The Morgan fingerprint density at radius 2 is 1.82 bits per heavy atom. The van der Waals surface area contributed by atoms with E-state index in [2.05, 4.69) is 15.4 Å². The first-order chi connectivity index (χ1) is 8.15. The highest BCUT2D eigenvalue weighted by molar-refractivity contribution is 5.84. The maximum atomic E-state index is 11.0. The van der Waals surface area contributed by atoms with Crippen LogP contribution in [0.4, 0.5) is 16.2 Å². The van der Waals surface area contributed by atoms with Crippen LogP contribution < -0.4 is 10.6 Å². The van der Waals surface area contributed by atoms with E-state index in [1.807, 2.05) is 19.1 Å². The lowest BCUT2D eigenvalue weighted by molar-refractivity contribution is 0.187. The molecule has 1 amide bonds. The Kier molecular flexibility index (Phi) is 5.29. The Labute approximate surface area is 101 Å². The third kappa shape index (κ3) is 4.74. The van der Waals surface area contributed by atoms with Gasteiger partial charge < -0.3 is 14.8 Å². The van der Waals surface area contributed by atoms with E-state index < -0.39 is 6.09 Å². The van der Waals surface area contributed by atoms with E-state index in [1.165, 1.54) is 7.11 Å². The summed E-state index contributed by atoms with van der Waals surface area (Å²) in [6.07, 6.45) is -0.474. The van der Waals surface area contributed by atoms with Crippen molar-refractivity contribution in [2.24, 2.45) is 0 Å². The van der Waals surface area contributed by atoms with Crippen molar-refractivity contribution in [3.05, 3.63) is 24.3 Å². The summed E-state index contributed by atoms with van der Waals surface area (Å²) < 4.78 is 9.53. The number of benzene rings is 1. The lowest BCUT2D eigenvalue weighted by Crippen LogP contribution is -2.20. The number of carbonyl (C=O) groups excluding carboxylic acids is 1. The minimum atomic E-state index is -0.474. The van der Waals surface area contributed by atoms with Gasteiger partial charge in [0.05, 0.1) is 13.7 Å². The second kappa shape index (κ2) is 6.75. The number of rotatable bonds is 5. The van der Waals surface area contributed by atoms with Gasteiger partial charge in [-0.15, -0.1) is 0 Å². The molecule has 0 saturated carbocycles. The largest absolute Gasteiger partial charge is 0.453 e. The van der Waals surface area contributed by atoms with Gasteiger partial charge in [-0.25, -0.2) is 4.79 Å². The smallest absolute Gasteiger partial charge is 0.411 e. The fourth-order valence-electron chi connectivity index (χ4n) is 1.39. The van der Waals surface area contributed by atoms with Crippen molar-refractivity contribution in [3.8, 4) is 0 Å². The van der Waals surface area contributed by atoms with Crippen molar-refractivity contribution in [1.82, 2.24) is 0 Å². The van der Waals surface area contributed by atoms with E-state index in [0.717, 1.165) is 5.69 Å². The zero-order valence-corrected chi connectivity index (χ0v) is 10.3. The van der Waals surface area contributed by atoms with Crippen LogP contribution in [0, 0.1) is 0 Å². The zero-order chi connectivity index (χ0) is 12.7. The maximum absolute atomic E-state index is 11.0. The molecule has 0 aliphatic rings. The molecule has 5 heteroatoms. The van der Waals surface area contributed by atoms with Gasteiger partial charge in [-0.1, -0.05) is 0 Å². The molecule has 1 rings (SSSR count). The summed E-state index contributed by atoms with van der Waals surface area (Å²) in [5.41, 5.74) is 1.67. The number of nitrogens with one attached hydrogen (secondary N) is 2. The molecule has 0 aliphatic carbocycles. The first-order valence-corrected chi connectivity index (χ1v) is 5.36. The Hall–Kier alpha value is -1.75. The molecule has 0 saturated heterocycles. The highest BCUT2D eigenvalue weighted by Gasteiger charge is 2.02. The van der Waals surface area contributed by atoms with Crippen LogP contribution in [0.1, 0.15) is 6.92 Å². The third-order valence-corrected chi connectivity index (χ3v) is 2.15. The normalized spacial score (nSPS) is 11.7. The molecule has 0 heterocycles. The minimum absolute atomic E-state index is 0.236. The molecule has 5 nitrogen and oxygen atoms in total. The van der Waals surface area contributed by atoms with E-state index in [1.54, 1.807) is 19.2 Å². The molecule has 0 spiro atoms. The fraction of sp³-hybridized carbons (Fsp3) is 0.417. The van der Waals surface area contributed by atoms with Crippen molar-refractivity contribution in [2.45, 2.75) is 13.0 Å². The summed E-state index contributed by atoms with van der Waals surface area (Å²) in [6.45, 7) is 2.67. The predicted molar refractivity (Wildman–Crippen MR) is 67.4 cm³/mol. The Morgan fingerprint density at radius 1 is 1.24 bits per heavy atom. The zero-order valence-electron chi connectivity index (χ0n) is 10.3. The quantitative estimate of drug-likeness (QED) is 0.826. The van der Waals surface area contributed by atoms with E-state index in [-0.39, 0.29) is 6.04 Å². The van der Waals surface area contributed by atoms with Gasteiger partial charge in [-0.3, -0.25) is 5.32 Å². The predicted octanol–water partition coefficient (Wildman–Crippen LogP) is 2.31. The summed E-state index contributed by atoms with van der Waals surface area (Å²) >= 11 is 0. The number of hydrogen-bond acceptors (Lipinski definition) is 4. The first kappa shape index (κ1) is 13.3. The lowest BCUT2D eigenvalue weighted by Gasteiger charge is -2.14. The van der Waals surface area contributed by atoms with Crippen LogP contribution in [0.5, 0.6) is 0 Å². The molecule has 17 heavy (non-hydrogen) atoms. The number of carbonyl (C=O) groups is 1. The van der Waals surface area contributed by atoms with Crippen LogP contribution >= 0.6 is 0 Å². The highest BCUT2D eigenvalue weighted by atomic mass is 16.5. The Bertz CT molecular complexity index is 351. The van der Waals surface area contributed by atoms with Crippen molar-refractivity contribution < 1.29 is 14.3 Å². The van der Waals surface area contributed by atoms with Gasteiger partial charge in [-0.05, 0) is 31.2 Å². The van der Waals surface area contributed by atoms with Gasteiger partial charge in [0.25, 0.3) is 0 Å². The average Bonchev–Trinajstić information content (AvgIpc) is 2.32. The highest BCUT2D eigenvalue weighted by Crippen LogP contribution is 2.14. The maximum Gasteiger partial charge on any atom is 0.411 e. The summed E-state index contributed by atoms with van der Waals surface area (Å²) in [6, 6.07) is 7.62. The summed E-state index contributed by atoms with van der Waals surface area (Å²) in [4.78, 5) is 11.0. The molecule has 1 aromatic carbocycles. The van der Waals surface area contributed by atoms with Crippen LogP contribution in [0.2, 0.25) is 0 Å². The van der Waals surface area contributed by atoms with Crippen molar-refractivity contribution >= 4 is 17.5 Å². The summed E-state index contributed by atoms with van der Waals surface area (Å²) in [7, 11) is 3.00. The van der Waals surface area contributed by atoms with Crippen LogP contribution in [0.15, 0.2) is 24.3 Å². The van der Waals surface area contributed by atoms with Gasteiger partial charge in [0.2, 0.25) is 0 Å². The Balaban J connectivity index is 2.52. The number of anilines is 2. The summed E-state index contributed by atoms with van der Waals surface area (Å²) in [5, 5.41) is 5.85. The molecule has 1 atom stereocenters. The number of methoxy groups -OCH3 is 2. The van der Waals surface area contributed by atoms with E-state index >= 15 is 0 Å². The molecule has 0 radical (unpaired) electrons. The second-order valence-corrected chi connectivity index (χ2v) is 3.69. The monoisotopic (exact) mass is 238 g/mol.